The largest absolute Gasteiger partial charge is 0.493 e. The zero-order chi connectivity index (χ0) is 20.9. The third-order valence-corrected chi connectivity index (χ3v) is 6.00. The average molecular weight is 426 g/mol. The molecule has 0 radical (unpaired) electrons. The second-order valence-electron chi connectivity index (χ2n) is 7.48. The summed E-state index contributed by atoms with van der Waals surface area (Å²) in [6.07, 6.45) is 0. The van der Waals surface area contributed by atoms with Gasteiger partial charge in [-0.3, -0.25) is 4.79 Å². The zero-order valence-corrected chi connectivity index (χ0v) is 18.3. The van der Waals surface area contributed by atoms with Gasteiger partial charge in [0.2, 0.25) is 5.91 Å². The van der Waals surface area contributed by atoms with Gasteiger partial charge in [0.25, 0.3) is 0 Å². The van der Waals surface area contributed by atoms with Crippen LogP contribution in [0.4, 0.5) is 0 Å². The van der Waals surface area contributed by atoms with Gasteiger partial charge in [0.15, 0.2) is 5.16 Å². The van der Waals surface area contributed by atoms with Crippen molar-refractivity contribution in [1.82, 2.24) is 14.5 Å². The first-order chi connectivity index (χ1) is 14.6. The van der Waals surface area contributed by atoms with Crippen molar-refractivity contribution in [2.75, 3.05) is 38.7 Å². The molecule has 30 heavy (non-hydrogen) atoms. The number of thioether (sulfide) groups is 1. The van der Waals surface area contributed by atoms with Gasteiger partial charge in [-0.1, -0.05) is 30.0 Å². The number of benzene rings is 2. The van der Waals surface area contributed by atoms with E-state index in [1.807, 2.05) is 45.9 Å². The van der Waals surface area contributed by atoms with Crippen molar-refractivity contribution >= 4 is 28.7 Å². The van der Waals surface area contributed by atoms with E-state index in [9.17, 15) is 4.79 Å². The summed E-state index contributed by atoms with van der Waals surface area (Å²) in [4.78, 5) is 19.5. The van der Waals surface area contributed by atoms with Crippen molar-refractivity contribution in [3.8, 4) is 5.75 Å². The lowest BCUT2D eigenvalue weighted by Crippen LogP contribution is -2.42. The van der Waals surface area contributed by atoms with Crippen molar-refractivity contribution in [3.63, 3.8) is 0 Å². The van der Waals surface area contributed by atoms with Crippen LogP contribution in [0.15, 0.2) is 47.6 Å². The molecule has 0 N–H and O–H groups in total. The maximum atomic E-state index is 12.8. The van der Waals surface area contributed by atoms with Crippen LogP contribution in [0.2, 0.25) is 0 Å². The van der Waals surface area contributed by atoms with E-state index in [2.05, 4.69) is 19.9 Å². The van der Waals surface area contributed by atoms with Gasteiger partial charge in [-0.05, 0) is 49.2 Å². The molecule has 2 aromatic carbocycles. The lowest BCUT2D eigenvalue weighted by Gasteiger charge is -2.27. The number of aromatic nitrogens is 2. The number of carbonyl (C=O) groups excluding carboxylic acids is 1. The number of aryl methyl sites for hydroxylation is 2. The van der Waals surface area contributed by atoms with Crippen LogP contribution in [-0.4, -0.2) is 59.0 Å². The lowest BCUT2D eigenvalue weighted by molar-refractivity contribution is -0.135. The molecule has 1 amide bonds. The summed E-state index contributed by atoms with van der Waals surface area (Å²) in [6, 6.07) is 14.2. The molecule has 158 valence electrons. The SMILES string of the molecule is Cc1cc(C)cc(OCCSc2nc3ccccc3n2CC(=O)N2CCOCC2)c1. The summed E-state index contributed by atoms with van der Waals surface area (Å²) in [5.41, 5.74) is 4.28. The number of nitrogens with zero attached hydrogens (tertiary/aromatic N) is 3. The number of imidazole rings is 1. The summed E-state index contributed by atoms with van der Waals surface area (Å²) in [6.45, 7) is 7.52. The molecule has 1 saturated heterocycles. The van der Waals surface area contributed by atoms with Crippen molar-refractivity contribution in [3.05, 3.63) is 53.6 Å². The molecule has 1 aromatic heterocycles. The Morgan fingerprint density at radius 3 is 2.63 bits per heavy atom. The Balaban J connectivity index is 1.43. The molecule has 1 aliphatic rings. The summed E-state index contributed by atoms with van der Waals surface area (Å²) in [5, 5.41) is 0.849. The number of rotatable bonds is 7. The van der Waals surface area contributed by atoms with Crippen LogP contribution in [0.3, 0.4) is 0 Å². The van der Waals surface area contributed by atoms with Crippen molar-refractivity contribution < 1.29 is 14.3 Å². The number of fused-ring (bicyclic) bond motifs is 1. The highest BCUT2D eigenvalue weighted by Crippen LogP contribution is 2.25. The van der Waals surface area contributed by atoms with Crippen molar-refractivity contribution in [2.24, 2.45) is 0 Å². The van der Waals surface area contributed by atoms with Crippen LogP contribution in [0.5, 0.6) is 5.75 Å². The Morgan fingerprint density at radius 1 is 1.13 bits per heavy atom. The summed E-state index contributed by atoms with van der Waals surface area (Å²) >= 11 is 1.62. The Hall–Kier alpha value is -2.51. The van der Waals surface area contributed by atoms with Crippen molar-refractivity contribution in [1.29, 1.82) is 0 Å². The van der Waals surface area contributed by atoms with Crippen molar-refractivity contribution in [2.45, 2.75) is 25.5 Å². The van der Waals surface area contributed by atoms with Crippen LogP contribution in [0.25, 0.3) is 11.0 Å². The molecule has 1 aliphatic heterocycles. The van der Waals surface area contributed by atoms with Crippen LogP contribution in [-0.2, 0) is 16.1 Å². The first-order valence-electron chi connectivity index (χ1n) is 10.2. The van der Waals surface area contributed by atoms with Gasteiger partial charge in [-0.2, -0.15) is 0 Å². The van der Waals surface area contributed by atoms with E-state index in [0.29, 0.717) is 39.5 Å². The van der Waals surface area contributed by atoms with Gasteiger partial charge in [0.05, 0.1) is 30.9 Å². The van der Waals surface area contributed by atoms with Crippen LogP contribution in [0.1, 0.15) is 11.1 Å². The summed E-state index contributed by atoms with van der Waals surface area (Å²) < 4.78 is 13.3. The smallest absolute Gasteiger partial charge is 0.242 e. The number of morpholine rings is 1. The first kappa shape index (κ1) is 20.8. The molecular weight excluding hydrogens is 398 g/mol. The van der Waals surface area contributed by atoms with Crippen LogP contribution >= 0.6 is 11.8 Å². The number of hydrogen-bond acceptors (Lipinski definition) is 5. The molecule has 0 atom stereocenters. The maximum absolute atomic E-state index is 12.8. The predicted octanol–water partition coefficient (Wildman–Crippen LogP) is 3.68. The number of carbonyl (C=O) groups is 1. The van der Waals surface area contributed by atoms with Gasteiger partial charge in [-0.25, -0.2) is 4.98 Å². The third kappa shape index (κ3) is 4.96. The molecule has 0 unspecified atom stereocenters. The maximum Gasteiger partial charge on any atom is 0.242 e. The van der Waals surface area contributed by atoms with Gasteiger partial charge < -0.3 is 18.9 Å². The lowest BCUT2D eigenvalue weighted by atomic mass is 10.1. The van der Waals surface area contributed by atoms with E-state index in [0.717, 1.165) is 27.7 Å². The number of hydrogen-bond donors (Lipinski definition) is 0. The minimum absolute atomic E-state index is 0.106. The Morgan fingerprint density at radius 2 is 1.87 bits per heavy atom. The molecule has 4 rings (SSSR count). The highest BCUT2D eigenvalue weighted by atomic mass is 32.2. The van der Waals surface area contributed by atoms with E-state index in [4.69, 9.17) is 14.5 Å². The van der Waals surface area contributed by atoms with E-state index in [1.165, 1.54) is 11.1 Å². The highest BCUT2D eigenvalue weighted by molar-refractivity contribution is 7.99. The second kappa shape index (κ2) is 9.53. The van der Waals surface area contributed by atoms with E-state index >= 15 is 0 Å². The molecule has 3 aromatic rings. The fraction of sp³-hybridized carbons (Fsp3) is 0.391. The molecule has 7 heteroatoms. The van der Waals surface area contributed by atoms with E-state index in [-0.39, 0.29) is 5.91 Å². The minimum atomic E-state index is 0.106. The standard InChI is InChI=1S/C23H27N3O3S/c1-17-13-18(2)15-19(14-17)29-11-12-30-23-24-20-5-3-4-6-21(20)26(23)16-22(27)25-7-9-28-10-8-25/h3-6,13-15H,7-12,16H2,1-2H3. The molecule has 0 spiro atoms. The fourth-order valence-corrected chi connectivity index (χ4v) is 4.50. The Labute approximate surface area is 181 Å². The van der Waals surface area contributed by atoms with Gasteiger partial charge in [-0.15, -0.1) is 0 Å². The van der Waals surface area contributed by atoms with Gasteiger partial charge in [0, 0.05) is 18.8 Å². The molecular formula is C23H27N3O3S. The normalized spacial score (nSPS) is 14.3. The molecule has 0 aliphatic carbocycles. The molecule has 6 nitrogen and oxygen atoms in total. The summed E-state index contributed by atoms with van der Waals surface area (Å²) in [5.74, 6) is 1.75. The highest BCUT2D eigenvalue weighted by Gasteiger charge is 2.20. The second-order valence-corrected chi connectivity index (χ2v) is 8.54. The van der Waals surface area contributed by atoms with Crippen LogP contribution < -0.4 is 4.74 Å². The Bertz CT molecular complexity index is 1010. The van der Waals surface area contributed by atoms with Gasteiger partial charge in [0.1, 0.15) is 12.3 Å². The summed E-state index contributed by atoms with van der Waals surface area (Å²) in [7, 11) is 0. The topological polar surface area (TPSA) is 56.6 Å². The Kier molecular flexibility index (Phi) is 6.59. The predicted molar refractivity (Wildman–Crippen MR) is 119 cm³/mol. The zero-order valence-electron chi connectivity index (χ0n) is 17.5. The molecule has 2 heterocycles. The number of ether oxygens (including phenoxy) is 2. The molecule has 1 fully saturated rings. The fourth-order valence-electron chi connectivity index (χ4n) is 3.67. The van der Waals surface area contributed by atoms with Crippen LogP contribution in [0, 0.1) is 13.8 Å². The average Bonchev–Trinajstić information content (AvgIpc) is 3.08. The number of amides is 1. The number of para-hydroxylation sites is 2. The monoisotopic (exact) mass is 425 g/mol. The first-order valence-corrected chi connectivity index (χ1v) is 11.2. The van der Waals surface area contributed by atoms with E-state index < -0.39 is 0 Å². The third-order valence-electron chi connectivity index (χ3n) is 5.06. The quantitative estimate of drug-likeness (QED) is 0.427. The van der Waals surface area contributed by atoms with E-state index in [1.54, 1.807) is 11.8 Å². The van der Waals surface area contributed by atoms with Gasteiger partial charge >= 0.3 is 0 Å². The molecule has 0 saturated carbocycles. The molecule has 0 bridgehead atoms. The minimum Gasteiger partial charge on any atom is -0.493 e.